The Bertz CT molecular complexity index is 1010. The number of rotatable bonds is 4. The molecule has 0 radical (unpaired) electrons. The van der Waals surface area contributed by atoms with Gasteiger partial charge in [0.2, 0.25) is 0 Å². The van der Waals surface area contributed by atoms with E-state index in [1.54, 1.807) is 13.0 Å². The Morgan fingerprint density at radius 2 is 1.79 bits per heavy atom. The number of carbonyl (C=O) groups excluding carboxylic acids is 1. The summed E-state index contributed by atoms with van der Waals surface area (Å²) in [4.78, 5) is 12.1. The van der Waals surface area contributed by atoms with Crippen LogP contribution in [0.25, 0.3) is 0 Å². The first kappa shape index (κ1) is 19.5. The maximum absolute atomic E-state index is 13.7. The number of alkyl halides is 3. The summed E-state index contributed by atoms with van der Waals surface area (Å²) in [5.74, 6) is -3.17. The molecule has 1 heterocycles. The third-order valence-corrected chi connectivity index (χ3v) is 3.98. The molecule has 0 fully saturated rings. The number of benzene rings is 2. The number of anilines is 1. The van der Waals surface area contributed by atoms with Crippen molar-refractivity contribution >= 4 is 11.7 Å². The summed E-state index contributed by atoms with van der Waals surface area (Å²) in [5.41, 5.74) is -1.08. The molecule has 1 amide bonds. The Morgan fingerprint density at radius 3 is 2.43 bits per heavy atom. The lowest BCUT2D eigenvalue weighted by Gasteiger charge is -2.13. The molecule has 1 N–H and O–H groups in total. The van der Waals surface area contributed by atoms with Crippen LogP contribution in [0.4, 0.5) is 27.8 Å². The number of carbonyl (C=O) groups is 1. The molecule has 0 aliphatic carbocycles. The van der Waals surface area contributed by atoms with Crippen LogP contribution in [0, 0.1) is 18.6 Å². The fraction of sp³-hybridized carbons (Fsp3) is 0.158. The number of amides is 1. The predicted molar refractivity (Wildman–Crippen MR) is 91.8 cm³/mol. The topological polar surface area (TPSA) is 46.9 Å². The van der Waals surface area contributed by atoms with Gasteiger partial charge in [-0.2, -0.15) is 18.3 Å². The Morgan fingerprint density at radius 1 is 1.11 bits per heavy atom. The first-order valence-corrected chi connectivity index (χ1v) is 8.10. The zero-order valence-corrected chi connectivity index (χ0v) is 14.5. The van der Waals surface area contributed by atoms with Gasteiger partial charge < -0.3 is 5.32 Å². The van der Waals surface area contributed by atoms with Crippen LogP contribution in [-0.2, 0) is 12.7 Å². The van der Waals surface area contributed by atoms with Gasteiger partial charge in [-0.15, -0.1) is 0 Å². The quantitative estimate of drug-likeness (QED) is 0.646. The summed E-state index contributed by atoms with van der Waals surface area (Å²) < 4.78 is 68.1. The lowest BCUT2D eigenvalue weighted by Crippen LogP contribution is -2.16. The van der Waals surface area contributed by atoms with E-state index < -0.39 is 34.8 Å². The van der Waals surface area contributed by atoms with Crippen LogP contribution >= 0.6 is 0 Å². The van der Waals surface area contributed by atoms with Crippen LogP contribution in [0.1, 0.15) is 27.0 Å². The number of aromatic nitrogens is 2. The number of nitrogens with zero attached hydrogens (tertiary/aromatic N) is 2. The van der Waals surface area contributed by atoms with Crippen molar-refractivity contribution in [3.8, 4) is 0 Å². The van der Waals surface area contributed by atoms with Crippen LogP contribution in [-0.4, -0.2) is 15.7 Å². The van der Waals surface area contributed by atoms with Gasteiger partial charge >= 0.3 is 6.18 Å². The fourth-order valence-corrected chi connectivity index (χ4v) is 2.68. The van der Waals surface area contributed by atoms with E-state index in [0.717, 1.165) is 24.3 Å². The molecule has 0 spiro atoms. The van der Waals surface area contributed by atoms with Crippen molar-refractivity contribution in [3.63, 3.8) is 0 Å². The van der Waals surface area contributed by atoms with Crippen LogP contribution in [0.3, 0.4) is 0 Å². The van der Waals surface area contributed by atoms with Crippen LogP contribution < -0.4 is 5.32 Å². The van der Waals surface area contributed by atoms with Gasteiger partial charge in [0.1, 0.15) is 17.2 Å². The van der Waals surface area contributed by atoms with E-state index in [9.17, 15) is 26.7 Å². The van der Waals surface area contributed by atoms with Crippen LogP contribution in [0.2, 0.25) is 0 Å². The van der Waals surface area contributed by atoms with Crippen molar-refractivity contribution in [1.82, 2.24) is 9.78 Å². The van der Waals surface area contributed by atoms with Crippen molar-refractivity contribution in [1.29, 1.82) is 0 Å². The van der Waals surface area contributed by atoms with Crippen molar-refractivity contribution < 1.29 is 26.7 Å². The van der Waals surface area contributed by atoms with E-state index in [1.165, 1.54) is 23.0 Å². The molecule has 4 nitrogen and oxygen atoms in total. The normalized spacial score (nSPS) is 11.5. The number of halogens is 5. The molecule has 28 heavy (non-hydrogen) atoms. The Kier molecular flexibility index (Phi) is 5.17. The van der Waals surface area contributed by atoms with Crippen molar-refractivity contribution in [2.24, 2.45) is 0 Å². The highest BCUT2D eigenvalue weighted by Gasteiger charge is 2.33. The Hall–Kier alpha value is -3.23. The molecule has 0 unspecified atom stereocenters. The number of hydrogen-bond donors (Lipinski definition) is 1. The van der Waals surface area contributed by atoms with Crippen molar-refractivity contribution in [2.75, 3.05) is 5.32 Å². The number of hydrogen-bond acceptors (Lipinski definition) is 2. The minimum atomic E-state index is -4.52. The van der Waals surface area contributed by atoms with Crippen molar-refractivity contribution in [3.05, 3.63) is 82.5 Å². The molecule has 9 heteroatoms. The molecule has 3 aromatic rings. The van der Waals surface area contributed by atoms with Gasteiger partial charge in [-0.1, -0.05) is 23.8 Å². The van der Waals surface area contributed by atoms with Gasteiger partial charge in [-0.05, 0) is 30.7 Å². The smallest absolute Gasteiger partial charge is 0.305 e. The second kappa shape index (κ2) is 7.41. The first-order chi connectivity index (χ1) is 13.1. The second-order valence-corrected chi connectivity index (χ2v) is 6.11. The number of aryl methyl sites for hydroxylation is 1. The van der Waals surface area contributed by atoms with E-state index in [2.05, 4.69) is 10.4 Å². The maximum Gasteiger partial charge on any atom is 0.416 e. The average molecular weight is 395 g/mol. The zero-order valence-electron chi connectivity index (χ0n) is 14.5. The molecule has 0 saturated heterocycles. The molecular weight excluding hydrogens is 381 g/mol. The second-order valence-electron chi connectivity index (χ2n) is 6.11. The van der Waals surface area contributed by atoms with Gasteiger partial charge in [0, 0.05) is 12.3 Å². The zero-order chi connectivity index (χ0) is 20.5. The Labute approximate surface area is 156 Å². The molecule has 1 aromatic heterocycles. The molecule has 0 bridgehead atoms. The highest BCUT2D eigenvalue weighted by Crippen LogP contribution is 2.33. The van der Waals surface area contributed by atoms with Crippen LogP contribution in [0.15, 0.2) is 48.7 Å². The van der Waals surface area contributed by atoms with E-state index in [-0.39, 0.29) is 17.9 Å². The molecule has 0 aliphatic rings. The summed E-state index contributed by atoms with van der Waals surface area (Å²) in [6, 6.07) is 8.26. The maximum atomic E-state index is 13.7. The lowest BCUT2D eigenvalue weighted by atomic mass is 10.0. The van der Waals surface area contributed by atoms with Gasteiger partial charge in [0.15, 0.2) is 5.82 Å². The number of nitrogens with one attached hydrogen (secondary N) is 1. The van der Waals surface area contributed by atoms with Crippen molar-refractivity contribution in [2.45, 2.75) is 19.6 Å². The molecule has 0 atom stereocenters. The Balaban J connectivity index is 1.80. The van der Waals surface area contributed by atoms with E-state index in [4.69, 9.17) is 0 Å². The predicted octanol–water partition coefficient (Wildman–Crippen LogP) is 4.79. The molecule has 146 valence electrons. The summed E-state index contributed by atoms with van der Waals surface area (Å²) in [7, 11) is 0. The third-order valence-electron chi connectivity index (χ3n) is 3.98. The minimum absolute atomic E-state index is 0.000718. The standard InChI is InChI=1S/C19H14F5N3O/c1-11-5-6-12(13(9-11)19(22,23)24)10-27-8-7-16(26-27)25-18(28)17-14(20)3-2-4-15(17)21/h2-9H,10H2,1H3,(H,25,26,28). The molecule has 0 aliphatic heterocycles. The summed E-state index contributed by atoms with van der Waals surface area (Å²) in [5, 5.41) is 6.18. The fourth-order valence-electron chi connectivity index (χ4n) is 2.68. The van der Waals surface area contributed by atoms with Gasteiger partial charge in [0.05, 0.1) is 12.1 Å². The lowest BCUT2D eigenvalue weighted by molar-refractivity contribution is -0.138. The summed E-state index contributed by atoms with van der Waals surface area (Å²) in [6.07, 6.45) is -3.17. The largest absolute Gasteiger partial charge is 0.416 e. The molecule has 0 saturated carbocycles. The molecule has 2 aromatic carbocycles. The first-order valence-electron chi connectivity index (χ1n) is 8.10. The minimum Gasteiger partial charge on any atom is -0.305 e. The highest BCUT2D eigenvalue weighted by atomic mass is 19.4. The monoisotopic (exact) mass is 395 g/mol. The van der Waals surface area contributed by atoms with E-state index in [0.29, 0.717) is 5.56 Å². The van der Waals surface area contributed by atoms with Crippen LogP contribution in [0.5, 0.6) is 0 Å². The summed E-state index contributed by atoms with van der Waals surface area (Å²) in [6.45, 7) is 1.36. The molecular formula is C19H14F5N3O. The van der Waals surface area contributed by atoms with Gasteiger partial charge in [-0.3, -0.25) is 9.48 Å². The van der Waals surface area contributed by atoms with E-state index in [1.807, 2.05) is 0 Å². The van der Waals surface area contributed by atoms with Gasteiger partial charge in [-0.25, -0.2) is 8.78 Å². The third kappa shape index (κ3) is 4.19. The SMILES string of the molecule is Cc1ccc(Cn2ccc(NC(=O)c3c(F)cccc3F)n2)c(C(F)(F)F)c1. The average Bonchev–Trinajstić information content (AvgIpc) is 3.02. The summed E-state index contributed by atoms with van der Waals surface area (Å²) >= 11 is 0. The molecule has 3 rings (SSSR count). The van der Waals surface area contributed by atoms with E-state index >= 15 is 0 Å². The van der Waals surface area contributed by atoms with Gasteiger partial charge in [0.25, 0.3) is 5.91 Å². The highest BCUT2D eigenvalue weighted by molar-refractivity contribution is 6.04.